The van der Waals surface area contributed by atoms with Crippen LogP contribution < -0.4 is 27.1 Å². The number of aromatic amines is 1. The summed E-state index contributed by atoms with van der Waals surface area (Å²) in [6, 6.07) is 2.87. The van der Waals surface area contributed by atoms with E-state index in [9.17, 15) is 9.59 Å². The number of carbonyl (C=O) groups excluding carboxylic acids is 1. The number of benzene rings is 1. The van der Waals surface area contributed by atoms with Gasteiger partial charge in [-0.05, 0) is 44.8 Å². The molecule has 0 aliphatic carbocycles. The molecule has 0 radical (unpaired) electrons. The van der Waals surface area contributed by atoms with Crippen LogP contribution in [0, 0.1) is 5.92 Å². The fraction of sp³-hybridized carbons (Fsp3) is 0.522. The lowest BCUT2D eigenvalue weighted by Gasteiger charge is -2.43. The monoisotopic (exact) mass is 490 g/mol. The maximum absolute atomic E-state index is 12.0. The Hall–Kier alpha value is -2.82. The van der Waals surface area contributed by atoms with E-state index in [2.05, 4.69) is 20.2 Å². The van der Waals surface area contributed by atoms with Gasteiger partial charge in [0.15, 0.2) is 0 Å². The number of fused-ring (bicyclic) bond motifs is 1. The molecule has 1 aromatic heterocycles. The number of primary amides is 1. The Bertz CT molecular complexity index is 1090. The Morgan fingerprint density at radius 1 is 1.44 bits per heavy atom. The van der Waals surface area contributed by atoms with Gasteiger partial charge in [0.25, 0.3) is 11.5 Å². The fourth-order valence-electron chi connectivity index (χ4n) is 4.91. The number of methoxy groups -OCH3 is 1. The number of rotatable bonds is 8. The molecule has 10 nitrogen and oxygen atoms in total. The first kappa shape index (κ1) is 24.3. The first-order valence-electron chi connectivity index (χ1n) is 11.5. The van der Waals surface area contributed by atoms with Crippen LogP contribution in [0.5, 0.6) is 5.75 Å². The standard InChI is InChI=1S/C23H31ClN6O4/c1-33-18-12-30(9-2-7-27-23-28-8-5-19(31)29-23)10-6-13(18)17-4-3-14-20(25)16(24)11-15(22(26)32)21(14)34-17/h5,8,11,13,17-18H,2-4,6-7,9-10,12,25H2,1H3,(H2,26,32)(H2,27,28,29,31). The molecule has 2 aromatic rings. The summed E-state index contributed by atoms with van der Waals surface area (Å²) in [7, 11) is 1.73. The second kappa shape index (κ2) is 10.6. The summed E-state index contributed by atoms with van der Waals surface area (Å²) < 4.78 is 12.2. The van der Waals surface area contributed by atoms with E-state index in [0.717, 1.165) is 44.5 Å². The summed E-state index contributed by atoms with van der Waals surface area (Å²) in [5.41, 5.74) is 13.0. The summed E-state index contributed by atoms with van der Waals surface area (Å²) in [6.45, 7) is 3.31. The molecule has 0 bridgehead atoms. The maximum atomic E-state index is 12.0. The minimum atomic E-state index is -0.583. The average Bonchev–Trinajstić information content (AvgIpc) is 2.83. The Labute approximate surface area is 203 Å². The topological polar surface area (TPSA) is 149 Å². The number of nitrogen functional groups attached to an aromatic ring is 1. The molecule has 1 aromatic carbocycles. The number of hydrogen-bond acceptors (Lipinski definition) is 8. The van der Waals surface area contributed by atoms with Crippen LogP contribution in [-0.4, -0.2) is 66.3 Å². The highest BCUT2D eigenvalue weighted by molar-refractivity contribution is 6.33. The van der Waals surface area contributed by atoms with Gasteiger partial charge in [-0.3, -0.25) is 14.6 Å². The molecule has 2 aliphatic heterocycles. The highest BCUT2D eigenvalue weighted by Crippen LogP contribution is 2.42. The van der Waals surface area contributed by atoms with Crippen LogP contribution in [0.4, 0.5) is 11.6 Å². The lowest BCUT2D eigenvalue weighted by atomic mass is 9.83. The number of anilines is 2. The first-order valence-corrected chi connectivity index (χ1v) is 11.9. The number of H-pyrrole nitrogens is 1. The van der Waals surface area contributed by atoms with E-state index in [-0.39, 0.29) is 29.2 Å². The second-order valence-corrected chi connectivity index (χ2v) is 9.18. The van der Waals surface area contributed by atoms with E-state index in [0.29, 0.717) is 35.4 Å². The van der Waals surface area contributed by atoms with Crippen molar-refractivity contribution < 1.29 is 14.3 Å². The van der Waals surface area contributed by atoms with Gasteiger partial charge in [-0.2, -0.15) is 0 Å². The van der Waals surface area contributed by atoms with Gasteiger partial charge in [0, 0.05) is 43.9 Å². The highest BCUT2D eigenvalue weighted by atomic mass is 35.5. The average molecular weight is 491 g/mol. The third-order valence-corrected chi connectivity index (χ3v) is 6.99. The summed E-state index contributed by atoms with van der Waals surface area (Å²) in [5.74, 6) is 0.540. The van der Waals surface area contributed by atoms with E-state index in [4.69, 9.17) is 32.5 Å². The molecule has 3 atom stereocenters. The Kier molecular flexibility index (Phi) is 7.60. The van der Waals surface area contributed by atoms with Crippen molar-refractivity contribution >= 4 is 29.1 Å². The quantitative estimate of drug-likeness (QED) is 0.322. The van der Waals surface area contributed by atoms with Gasteiger partial charge in [-0.25, -0.2) is 4.98 Å². The van der Waals surface area contributed by atoms with E-state index < -0.39 is 5.91 Å². The molecule has 184 valence electrons. The van der Waals surface area contributed by atoms with Crippen LogP contribution in [0.2, 0.25) is 5.02 Å². The minimum absolute atomic E-state index is 0.00193. The van der Waals surface area contributed by atoms with Crippen LogP contribution in [-0.2, 0) is 11.2 Å². The van der Waals surface area contributed by atoms with Crippen molar-refractivity contribution in [3.05, 3.63) is 44.8 Å². The van der Waals surface area contributed by atoms with E-state index in [1.165, 1.54) is 18.3 Å². The molecule has 3 unspecified atom stereocenters. The lowest BCUT2D eigenvalue weighted by molar-refractivity contribution is -0.0569. The second-order valence-electron chi connectivity index (χ2n) is 8.78. The third-order valence-electron chi connectivity index (χ3n) is 6.68. The molecule has 4 rings (SSSR count). The largest absolute Gasteiger partial charge is 0.489 e. The van der Waals surface area contributed by atoms with Gasteiger partial charge >= 0.3 is 0 Å². The SMILES string of the molecule is COC1CN(CCCNc2nccc(=O)[nH]2)CCC1C1CCc2c(N)c(Cl)cc(C(N)=O)c2O1. The van der Waals surface area contributed by atoms with Crippen molar-refractivity contribution in [2.24, 2.45) is 11.7 Å². The number of amides is 1. The van der Waals surface area contributed by atoms with Crippen LogP contribution in [0.1, 0.15) is 35.2 Å². The molecule has 0 spiro atoms. The highest BCUT2D eigenvalue weighted by Gasteiger charge is 2.39. The molecule has 1 fully saturated rings. The van der Waals surface area contributed by atoms with Gasteiger partial charge in [-0.1, -0.05) is 11.6 Å². The smallest absolute Gasteiger partial charge is 0.252 e. The van der Waals surface area contributed by atoms with Crippen molar-refractivity contribution in [3.8, 4) is 5.75 Å². The third kappa shape index (κ3) is 5.29. The molecule has 11 heteroatoms. The summed E-state index contributed by atoms with van der Waals surface area (Å²) >= 11 is 6.20. The van der Waals surface area contributed by atoms with Gasteiger partial charge in [0.2, 0.25) is 5.95 Å². The number of nitrogens with one attached hydrogen (secondary N) is 2. The molecule has 34 heavy (non-hydrogen) atoms. The number of carbonyl (C=O) groups is 1. The predicted molar refractivity (Wildman–Crippen MR) is 130 cm³/mol. The Morgan fingerprint density at radius 3 is 3.00 bits per heavy atom. The number of nitrogens with zero attached hydrogens (tertiary/aromatic N) is 2. The zero-order valence-corrected chi connectivity index (χ0v) is 19.9. The fourth-order valence-corrected chi connectivity index (χ4v) is 5.13. The molecular formula is C23H31ClN6O4. The van der Waals surface area contributed by atoms with Crippen molar-refractivity contribution in [1.82, 2.24) is 14.9 Å². The predicted octanol–water partition coefficient (Wildman–Crippen LogP) is 1.64. The normalized spacial score (nSPS) is 22.6. The Morgan fingerprint density at radius 2 is 2.26 bits per heavy atom. The number of hydrogen-bond donors (Lipinski definition) is 4. The Balaban J connectivity index is 1.34. The molecule has 2 aliphatic rings. The number of piperidine rings is 1. The minimum Gasteiger partial charge on any atom is -0.489 e. The van der Waals surface area contributed by atoms with Crippen LogP contribution >= 0.6 is 11.6 Å². The van der Waals surface area contributed by atoms with Crippen LogP contribution in [0.25, 0.3) is 0 Å². The zero-order valence-electron chi connectivity index (χ0n) is 19.2. The molecular weight excluding hydrogens is 460 g/mol. The number of halogens is 1. The van der Waals surface area contributed by atoms with Crippen molar-refractivity contribution in [3.63, 3.8) is 0 Å². The molecule has 1 saturated heterocycles. The zero-order chi connectivity index (χ0) is 24.2. The molecule has 6 N–H and O–H groups in total. The maximum Gasteiger partial charge on any atom is 0.252 e. The summed E-state index contributed by atoms with van der Waals surface area (Å²) in [4.78, 5) is 32.5. The summed E-state index contributed by atoms with van der Waals surface area (Å²) in [6.07, 6.45) is 4.64. The van der Waals surface area contributed by atoms with Crippen LogP contribution in [0.3, 0.4) is 0 Å². The van der Waals surface area contributed by atoms with Crippen molar-refractivity contribution in [2.75, 3.05) is 44.3 Å². The van der Waals surface area contributed by atoms with Gasteiger partial charge < -0.3 is 31.2 Å². The number of nitrogens with two attached hydrogens (primary N) is 2. The summed E-state index contributed by atoms with van der Waals surface area (Å²) in [5, 5.41) is 3.46. The van der Waals surface area contributed by atoms with Crippen molar-refractivity contribution in [2.45, 2.75) is 37.9 Å². The van der Waals surface area contributed by atoms with Crippen molar-refractivity contribution in [1.29, 1.82) is 0 Å². The van der Waals surface area contributed by atoms with E-state index >= 15 is 0 Å². The van der Waals surface area contributed by atoms with Gasteiger partial charge in [0.1, 0.15) is 11.9 Å². The van der Waals surface area contributed by atoms with E-state index in [1.807, 2.05) is 0 Å². The molecule has 1 amide bonds. The molecule has 0 saturated carbocycles. The number of ether oxygens (including phenoxy) is 2. The van der Waals surface area contributed by atoms with E-state index in [1.54, 1.807) is 7.11 Å². The molecule has 3 heterocycles. The first-order chi connectivity index (χ1) is 16.4. The number of aromatic nitrogens is 2. The number of likely N-dealkylation sites (tertiary alicyclic amines) is 1. The van der Waals surface area contributed by atoms with Gasteiger partial charge in [0.05, 0.1) is 22.4 Å². The van der Waals surface area contributed by atoms with Crippen LogP contribution in [0.15, 0.2) is 23.1 Å². The van der Waals surface area contributed by atoms with Gasteiger partial charge in [-0.15, -0.1) is 0 Å². The lowest BCUT2D eigenvalue weighted by Crippen LogP contribution is -2.51.